The highest BCUT2D eigenvalue weighted by molar-refractivity contribution is 5.95. The Labute approximate surface area is 187 Å². The van der Waals surface area contributed by atoms with Crippen LogP contribution in [-0.4, -0.2) is 42.7 Å². The van der Waals surface area contributed by atoms with Crippen LogP contribution >= 0.6 is 0 Å². The lowest BCUT2D eigenvalue weighted by Gasteiger charge is -2.29. The number of benzene rings is 2. The van der Waals surface area contributed by atoms with Crippen molar-refractivity contribution in [1.29, 1.82) is 0 Å². The molecule has 0 bridgehead atoms. The van der Waals surface area contributed by atoms with Gasteiger partial charge in [0.2, 0.25) is 12.7 Å². The van der Waals surface area contributed by atoms with E-state index in [0.717, 1.165) is 61.4 Å². The minimum absolute atomic E-state index is 0.0109. The molecule has 7 heteroatoms. The van der Waals surface area contributed by atoms with E-state index in [0.29, 0.717) is 18.7 Å². The Bertz CT molecular complexity index is 984. The third kappa shape index (κ3) is 4.38. The summed E-state index contributed by atoms with van der Waals surface area (Å²) >= 11 is 0. The SMILES string of the molecule is O=C1CCCN1c1ccc(OCC(=O)N(Cc2ccc3c(c2)OCO3)C2CCCC2)cc1. The molecule has 2 heterocycles. The molecule has 1 aliphatic carbocycles. The molecule has 168 valence electrons. The summed E-state index contributed by atoms with van der Waals surface area (Å²) in [6.07, 6.45) is 5.84. The maximum Gasteiger partial charge on any atom is 0.261 e. The van der Waals surface area contributed by atoms with Gasteiger partial charge >= 0.3 is 0 Å². The molecule has 1 saturated heterocycles. The van der Waals surface area contributed by atoms with Gasteiger partial charge in [0.05, 0.1) is 0 Å². The Morgan fingerprint density at radius 1 is 1.03 bits per heavy atom. The van der Waals surface area contributed by atoms with Crippen LogP contribution in [0.25, 0.3) is 0 Å². The van der Waals surface area contributed by atoms with Crippen LogP contribution in [-0.2, 0) is 16.1 Å². The number of rotatable bonds is 7. The summed E-state index contributed by atoms with van der Waals surface area (Å²) in [4.78, 5) is 28.8. The van der Waals surface area contributed by atoms with Gasteiger partial charge in [0.25, 0.3) is 5.91 Å². The molecule has 2 aromatic rings. The summed E-state index contributed by atoms with van der Waals surface area (Å²) in [5.41, 5.74) is 1.90. The topological polar surface area (TPSA) is 68.3 Å². The van der Waals surface area contributed by atoms with Gasteiger partial charge in [0.1, 0.15) is 5.75 Å². The molecule has 0 atom stereocenters. The number of carbonyl (C=O) groups excluding carboxylic acids is 2. The van der Waals surface area contributed by atoms with Crippen molar-refractivity contribution in [2.75, 3.05) is 24.8 Å². The van der Waals surface area contributed by atoms with Gasteiger partial charge in [-0.25, -0.2) is 0 Å². The maximum atomic E-state index is 13.2. The standard InChI is InChI=1S/C25H28N2O5/c28-24-6-3-13-26(24)20-8-10-21(11-9-20)30-16-25(29)27(19-4-1-2-5-19)15-18-7-12-22-23(14-18)32-17-31-22/h7-12,14,19H,1-6,13,15-17H2. The molecule has 3 aliphatic rings. The predicted molar refractivity (Wildman–Crippen MR) is 119 cm³/mol. The highest BCUT2D eigenvalue weighted by Crippen LogP contribution is 2.34. The Balaban J connectivity index is 1.23. The van der Waals surface area contributed by atoms with Crippen molar-refractivity contribution in [3.63, 3.8) is 0 Å². The summed E-state index contributed by atoms with van der Waals surface area (Å²) in [7, 11) is 0. The summed E-state index contributed by atoms with van der Waals surface area (Å²) in [6, 6.07) is 13.5. The molecule has 0 N–H and O–H groups in total. The second-order valence-corrected chi connectivity index (χ2v) is 8.58. The quantitative estimate of drug-likeness (QED) is 0.659. The van der Waals surface area contributed by atoms with Crippen LogP contribution in [0, 0.1) is 0 Å². The first-order valence-corrected chi connectivity index (χ1v) is 11.4. The summed E-state index contributed by atoms with van der Waals surface area (Å²) in [5, 5.41) is 0. The van der Waals surface area contributed by atoms with E-state index in [9.17, 15) is 9.59 Å². The van der Waals surface area contributed by atoms with Crippen molar-refractivity contribution in [3.8, 4) is 17.2 Å². The lowest BCUT2D eigenvalue weighted by atomic mass is 10.1. The number of nitrogens with zero attached hydrogens (tertiary/aromatic N) is 2. The molecule has 0 radical (unpaired) electrons. The van der Waals surface area contributed by atoms with Crippen LogP contribution in [0.3, 0.4) is 0 Å². The summed E-state index contributed by atoms with van der Waals surface area (Å²) < 4.78 is 16.7. The van der Waals surface area contributed by atoms with Gasteiger partial charge < -0.3 is 24.0 Å². The fourth-order valence-corrected chi connectivity index (χ4v) is 4.74. The van der Waals surface area contributed by atoms with Crippen molar-refractivity contribution < 1.29 is 23.8 Å². The van der Waals surface area contributed by atoms with Gasteiger partial charge in [-0.05, 0) is 61.2 Å². The van der Waals surface area contributed by atoms with E-state index < -0.39 is 0 Å². The molecular weight excluding hydrogens is 408 g/mol. The van der Waals surface area contributed by atoms with Crippen LogP contribution in [0.2, 0.25) is 0 Å². The highest BCUT2D eigenvalue weighted by Gasteiger charge is 2.28. The van der Waals surface area contributed by atoms with Gasteiger partial charge in [-0.15, -0.1) is 0 Å². The van der Waals surface area contributed by atoms with Gasteiger partial charge in [0, 0.05) is 31.2 Å². The normalized spacial score (nSPS) is 17.8. The molecule has 7 nitrogen and oxygen atoms in total. The average Bonchev–Trinajstić information content (AvgIpc) is 3.58. The molecule has 32 heavy (non-hydrogen) atoms. The molecule has 0 aromatic heterocycles. The number of ether oxygens (including phenoxy) is 3. The fraction of sp³-hybridized carbons (Fsp3) is 0.440. The number of hydrogen-bond acceptors (Lipinski definition) is 5. The van der Waals surface area contributed by atoms with E-state index >= 15 is 0 Å². The smallest absolute Gasteiger partial charge is 0.261 e. The Kier molecular flexibility index (Phi) is 5.88. The van der Waals surface area contributed by atoms with Crippen molar-refractivity contribution in [2.24, 2.45) is 0 Å². The van der Waals surface area contributed by atoms with Crippen molar-refractivity contribution in [2.45, 2.75) is 51.1 Å². The Hall–Kier alpha value is -3.22. The minimum atomic E-state index is -0.0200. The highest BCUT2D eigenvalue weighted by atomic mass is 16.7. The summed E-state index contributed by atoms with van der Waals surface area (Å²) in [5.74, 6) is 2.24. The number of amides is 2. The van der Waals surface area contributed by atoms with Crippen LogP contribution in [0.4, 0.5) is 5.69 Å². The number of anilines is 1. The van der Waals surface area contributed by atoms with E-state index in [1.807, 2.05) is 47.4 Å². The third-order valence-corrected chi connectivity index (χ3v) is 6.46. The third-order valence-electron chi connectivity index (χ3n) is 6.46. The van der Waals surface area contributed by atoms with Crippen molar-refractivity contribution in [1.82, 2.24) is 4.90 Å². The predicted octanol–water partition coefficient (Wildman–Crippen LogP) is 3.89. The first-order valence-electron chi connectivity index (χ1n) is 11.4. The van der Waals surface area contributed by atoms with Gasteiger partial charge in [-0.2, -0.15) is 0 Å². The summed E-state index contributed by atoms with van der Waals surface area (Å²) in [6.45, 7) is 1.51. The second kappa shape index (κ2) is 9.10. The van der Waals surface area contributed by atoms with Crippen molar-refractivity contribution in [3.05, 3.63) is 48.0 Å². The van der Waals surface area contributed by atoms with E-state index in [1.54, 1.807) is 4.90 Å². The number of hydrogen-bond donors (Lipinski definition) is 0. The molecule has 2 fully saturated rings. The molecule has 2 aromatic carbocycles. The van der Waals surface area contributed by atoms with Crippen molar-refractivity contribution >= 4 is 17.5 Å². The van der Waals surface area contributed by atoms with Crippen LogP contribution in [0.1, 0.15) is 44.1 Å². The molecule has 2 amide bonds. The van der Waals surface area contributed by atoms with Crippen LogP contribution < -0.4 is 19.1 Å². The maximum absolute atomic E-state index is 13.2. The molecule has 5 rings (SSSR count). The zero-order valence-corrected chi connectivity index (χ0v) is 18.1. The molecule has 2 aliphatic heterocycles. The fourth-order valence-electron chi connectivity index (χ4n) is 4.74. The zero-order valence-electron chi connectivity index (χ0n) is 18.1. The first-order chi connectivity index (χ1) is 15.7. The zero-order chi connectivity index (χ0) is 21.9. The number of carbonyl (C=O) groups is 2. The first kappa shape index (κ1) is 20.7. The monoisotopic (exact) mass is 436 g/mol. The molecule has 1 saturated carbocycles. The van der Waals surface area contributed by atoms with Gasteiger partial charge in [-0.3, -0.25) is 9.59 Å². The second-order valence-electron chi connectivity index (χ2n) is 8.58. The lowest BCUT2D eigenvalue weighted by Crippen LogP contribution is -2.41. The van der Waals surface area contributed by atoms with E-state index in [-0.39, 0.29) is 31.3 Å². The van der Waals surface area contributed by atoms with E-state index in [1.165, 1.54) is 0 Å². The Morgan fingerprint density at radius 2 is 1.81 bits per heavy atom. The van der Waals surface area contributed by atoms with E-state index in [2.05, 4.69) is 0 Å². The van der Waals surface area contributed by atoms with Gasteiger partial charge in [-0.1, -0.05) is 18.9 Å². The van der Waals surface area contributed by atoms with Crippen LogP contribution in [0.5, 0.6) is 17.2 Å². The average molecular weight is 437 g/mol. The largest absolute Gasteiger partial charge is 0.484 e. The molecular formula is C25H28N2O5. The van der Waals surface area contributed by atoms with E-state index in [4.69, 9.17) is 14.2 Å². The molecule has 0 spiro atoms. The minimum Gasteiger partial charge on any atom is -0.484 e. The number of fused-ring (bicyclic) bond motifs is 1. The molecule has 0 unspecified atom stereocenters. The van der Waals surface area contributed by atoms with Gasteiger partial charge in [0.15, 0.2) is 18.1 Å². The lowest BCUT2D eigenvalue weighted by molar-refractivity contribution is -0.136. The Morgan fingerprint density at radius 3 is 2.56 bits per heavy atom. The van der Waals surface area contributed by atoms with Crippen LogP contribution in [0.15, 0.2) is 42.5 Å².